The molecule has 1 aromatic heterocycles. The highest BCUT2D eigenvalue weighted by Crippen LogP contribution is 2.38. The summed E-state index contributed by atoms with van der Waals surface area (Å²) in [5, 5.41) is 7.13. The van der Waals surface area contributed by atoms with E-state index in [1.807, 2.05) is 6.92 Å². The van der Waals surface area contributed by atoms with Gasteiger partial charge in [0, 0.05) is 12.3 Å². The molecule has 0 spiro atoms. The SMILES string of the molecule is CCn1c(SCCC2CCCC2(N)C(=O)OC)n[nH]c1=O. The maximum absolute atomic E-state index is 11.9. The van der Waals surface area contributed by atoms with E-state index < -0.39 is 5.54 Å². The lowest BCUT2D eigenvalue weighted by Crippen LogP contribution is -2.51. The number of aromatic amines is 1. The maximum atomic E-state index is 11.9. The number of ether oxygens (including phenoxy) is 1. The molecule has 2 unspecified atom stereocenters. The van der Waals surface area contributed by atoms with Crippen LogP contribution in [0.5, 0.6) is 0 Å². The van der Waals surface area contributed by atoms with E-state index in [-0.39, 0.29) is 17.6 Å². The van der Waals surface area contributed by atoms with E-state index in [1.165, 1.54) is 18.9 Å². The second kappa shape index (κ2) is 6.65. The van der Waals surface area contributed by atoms with Gasteiger partial charge in [0.1, 0.15) is 5.54 Å². The third kappa shape index (κ3) is 3.16. The zero-order valence-corrected chi connectivity index (χ0v) is 13.2. The lowest BCUT2D eigenvalue weighted by molar-refractivity contribution is -0.148. The Kier molecular flexibility index (Phi) is 5.10. The summed E-state index contributed by atoms with van der Waals surface area (Å²) in [6.07, 6.45) is 3.37. The van der Waals surface area contributed by atoms with Crippen molar-refractivity contribution in [3.8, 4) is 0 Å². The minimum absolute atomic E-state index is 0.123. The molecule has 3 N–H and O–H groups in total. The van der Waals surface area contributed by atoms with Gasteiger partial charge in [-0.15, -0.1) is 5.10 Å². The summed E-state index contributed by atoms with van der Waals surface area (Å²) in [4.78, 5) is 23.3. The van der Waals surface area contributed by atoms with Crippen LogP contribution in [0.15, 0.2) is 9.95 Å². The summed E-state index contributed by atoms with van der Waals surface area (Å²) >= 11 is 1.51. The van der Waals surface area contributed by atoms with E-state index in [2.05, 4.69) is 10.2 Å². The summed E-state index contributed by atoms with van der Waals surface area (Å²) in [5.41, 5.74) is 5.19. The van der Waals surface area contributed by atoms with Crippen LogP contribution in [0.25, 0.3) is 0 Å². The number of carbonyl (C=O) groups excluding carboxylic acids is 1. The van der Waals surface area contributed by atoms with Crippen LogP contribution in [0.1, 0.15) is 32.6 Å². The van der Waals surface area contributed by atoms with Gasteiger partial charge in [-0.3, -0.25) is 9.36 Å². The van der Waals surface area contributed by atoms with E-state index in [1.54, 1.807) is 4.57 Å². The summed E-state index contributed by atoms with van der Waals surface area (Å²) in [7, 11) is 1.38. The lowest BCUT2D eigenvalue weighted by atomic mass is 9.86. The van der Waals surface area contributed by atoms with Crippen LogP contribution in [0, 0.1) is 5.92 Å². The normalized spacial score (nSPS) is 25.2. The second-order valence-corrected chi connectivity index (χ2v) is 6.38. The highest BCUT2D eigenvalue weighted by atomic mass is 32.2. The molecule has 0 aromatic carbocycles. The van der Waals surface area contributed by atoms with Gasteiger partial charge in [-0.05, 0) is 32.1 Å². The number of nitrogens with two attached hydrogens (primary N) is 1. The molecule has 0 amide bonds. The van der Waals surface area contributed by atoms with Gasteiger partial charge >= 0.3 is 11.7 Å². The van der Waals surface area contributed by atoms with Gasteiger partial charge in [-0.1, -0.05) is 18.2 Å². The van der Waals surface area contributed by atoms with Crippen LogP contribution in [0.2, 0.25) is 0 Å². The molecule has 1 heterocycles. The number of H-pyrrole nitrogens is 1. The zero-order chi connectivity index (χ0) is 15.5. The molecule has 0 saturated heterocycles. The Morgan fingerprint density at radius 2 is 2.43 bits per heavy atom. The molecule has 0 radical (unpaired) electrons. The van der Waals surface area contributed by atoms with Gasteiger partial charge in [-0.25, -0.2) is 9.89 Å². The summed E-state index contributed by atoms with van der Waals surface area (Å²) in [6, 6.07) is 0. The van der Waals surface area contributed by atoms with Crippen LogP contribution < -0.4 is 11.4 Å². The van der Waals surface area contributed by atoms with Crippen LogP contribution in [0.3, 0.4) is 0 Å². The molecule has 0 bridgehead atoms. The van der Waals surface area contributed by atoms with Crippen molar-refractivity contribution in [3.63, 3.8) is 0 Å². The van der Waals surface area contributed by atoms with E-state index >= 15 is 0 Å². The molecule has 0 aliphatic heterocycles. The second-order valence-electron chi connectivity index (χ2n) is 5.31. The topological polar surface area (TPSA) is 103 Å². The van der Waals surface area contributed by atoms with Crippen molar-refractivity contribution in [3.05, 3.63) is 10.5 Å². The van der Waals surface area contributed by atoms with E-state index in [9.17, 15) is 9.59 Å². The highest BCUT2D eigenvalue weighted by molar-refractivity contribution is 7.99. The molecule has 21 heavy (non-hydrogen) atoms. The van der Waals surface area contributed by atoms with Gasteiger partial charge in [-0.2, -0.15) is 0 Å². The van der Waals surface area contributed by atoms with Crippen molar-refractivity contribution in [1.82, 2.24) is 14.8 Å². The number of esters is 1. The number of hydrogen-bond donors (Lipinski definition) is 2. The Morgan fingerprint density at radius 3 is 3.10 bits per heavy atom. The molecular weight excluding hydrogens is 292 g/mol. The monoisotopic (exact) mass is 314 g/mol. The number of rotatable bonds is 6. The average molecular weight is 314 g/mol. The number of nitrogens with zero attached hydrogens (tertiary/aromatic N) is 2. The third-order valence-corrected chi connectivity index (χ3v) is 5.18. The number of hydrogen-bond acceptors (Lipinski definition) is 6. The van der Waals surface area contributed by atoms with Crippen molar-refractivity contribution < 1.29 is 9.53 Å². The van der Waals surface area contributed by atoms with Gasteiger partial charge in [0.05, 0.1) is 7.11 Å². The Hall–Kier alpha value is -1.28. The van der Waals surface area contributed by atoms with Crippen LogP contribution in [0.4, 0.5) is 0 Å². The quantitative estimate of drug-likeness (QED) is 0.593. The van der Waals surface area contributed by atoms with Gasteiger partial charge < -0.3 is 10.5 Å². The van der Waals surface area contributed by atoms with E-state index in [0.717, 1.165) is 25.0 Å². The molecule has 118 valence electrons. The number of aromatic nitrogens is 3. The number of nitrogens with one attached hydrogen (secondary N) is 1. The lowest BCUT2D eigenvalue weighted by Gasteiger charge is -2.28. The first kappa shape index (κ1) is 16.1. The number of methoxy groups -OCH3 is 1. The highest BCUT2D eigenvalue weighted by Gasteiger charge is 2.46. The van der Waals surface area contributed by atoms with Crippen molar-refractivity contribution in [2.45, 2.75) is 49.8 Å². The molecule has 1 saturated carbocycles. The van der Waals surface area contributed by atoms with Gasteiger partial charge in [0.15, 0.2) is 5.16 Å². The van der Waals surface area contributed by atoms with Gasteiger partial charge in [0.25, 0.3) is 0 Å². The molecule has 2 atom stereocenters. The summed E-state index contributed by atoms with van der Waals surface area (Å²) < 4.78 is 6.43. The molecule has 2 rings (SSSR count). The molecule has 1 fully saturated rings. The fraction of sp³-hybridized carbons (Fsp3) is 0.769. The van der Waals surface area contributed by atoms with Crippen molar-refractivity contribution >= 4 is 17.7 Å². The number of carbonyl (C=O) groups is 1. The smallest absolute Gasteiger partial charge is 0.343 e. The first-order chi connectivity index (χ1) is 10.0. The van der Waals surface area contributed by atoms with E-state index in [4.69, 9.17) is 10.5 Å². The molecule has 7 nitrogen and oxygen atoms in total. The minimum Gasteiger partial charge on any atom is -0.468 e. The maximum Gasteiger partial charge on any atom is 0.343 e. The fourth-order valence-electron chi connectivity index (χ4n) is 2.95. The Labute approximate surface area is 127 Å². The fourth-order valence-corrected chi connectivity index (χ4v) is 4.01. The number of thioether (sulfide) groups is 1. The zero-order valence-electron chi connectivity index (χ0n) is 12.4. The predicted octanol–water partition coefficient (Wildman–Crippen LogP) is 0.744. The average Bonchev–Trinajstić information content (AvgIpc) is 3.02. The predicted molar refractivity (Wildman–Crippen MR) is 80.1 cm³/mol. The summed E-state index contributed by atoms with van der Waals surface area (Å²) in [6.45, 7) is 2.49. The first-order valence-electron chi connectivity index (χ1n) is 7.18. The minimum atomic E-state index is -0.856. The third-order valence-electron chi connectivity index (χ3n) is 4.17. The van der Waals surface area contributed by atoms with Crippen LogP contribution in [-0.2, 0) is 16.1 Å². The van der Waals surface area contributed by atoms with Crippen LogP contribution in [-0.4, -0.2) is 39.1 Å². The Balaban J connectivity index is 1.94. The Bertz CT molecular complexity index is 556. The molecule has 8 heteroatoms. The van der Waals surface area contributed by atoms with Crippen molar-refractivity contribution in [2.24, 2.45) is 11.7 Å². The van der Waals surface area contributed by atoms with E-state index in [0.29, 0.717) is 18.1 Å². The van der Waals surface area contributed by atoms with Gasteiger partial charge in [0.2, 0.25) is 0 Å². The standard InChI is InChI=1S/C13H22N4O3S/c1-3-17-11(19)15-16-12(17)21-8-6-9-5-4-7-13(9,14)10(18)20-2/h9H,3-8,14H2,1-2H3,(H,15,19). The molecule has 1 aliphatic carbocycles. The molecule has 1 aliphatic rings. The largest absolute Gasteiger partial charge is 0.468 e. The summed E-state index contributed by atoms with van der Waals surface area (Å²) in [5.74, 6) is 0.573. The van der Waals surface area contributed by atoms with Crippen molar-refractivity contribution in [2.75, 3.05) is 12.9 Å². The molecule has 1 aromatic rings. The first-order valence-corrected chi connectivity index (χ1v) is 8.16. The van der Waals surface area contributed by atoms with Crippen molar-refractivity contribution in [1.29, 1.82) is 0 Å². The molecular formula is C13H22N4O3S. The Morgan fingerprint density at radius 1 is 1.67 bits per heavy atom. The van der Waals surface area contributed by atoms with Crippen LogP contribution >= 0.6 is 11.8 Å².